The minimum absolute atomic E-state index is 0.136. The number of carbonyl (C=O) groups excluding carboxylic acids is 1. The molecule has 0 aromatic heterocycles. The SMILES string of the molecule is C#Cc1cc(F)c(O)c(C=O)c1. The molecule has 60 valence electrons. The summed E-state index contributed by atoms with van der Waals surface area (Å²) in [4.78, 5) is 10.3. The third-order valence-electron chi connectivity index (χ3n) is 1.39. The Balaban J connectivity index is 3.41. The summed E-state index contributed by atoms with van der Waals surface area (Å²) in [7, 11) is 0. The number of hydrogen-bond donors (Lipinski definition) is 1. The van der Waals surface area contributed by atoms with Gasteiger partial charge in [0.15, 0.2) is 17.9 Å². The highest BCUT2D eigenvalue weighted by Gasteiger charge is 2.07. The molecule has 1 N–H and O–H groups in total. The third-order valence-corrected chi connectivity index (χ3v) is 1.39. The van der Waals surface area contributed by atoms with Gasteiger partial charge < -0.3 is 5.11 Å². The summed E-state index contributed by atoms with van der Waals surface area (Å²) in [6, 6.07) is 2.23. The minimum Gasteiger partial charge on any atom is -0.504 e. The standard InChI is InChI=1S/C9H5FO2/c1-2-6-3-7(5-11)9(12)8(10)4-6/h1,3-5,12H. The zero-order chi connectivity index (χ0) is 9.14. The zero-order valence-electron chi connectivity index (χ0n) is 6.04. The first kappa shape index (κ1) is 8.28. The van der Waals surface area contributed by atoms with E-state index >= 15 is 0 Å². The lowest BCUT2D eigenvalue weighted by molar-refractivity contribution is 0.112. The Morgan fingerprint density at radius 3 is 2.75 bits per heavy atom. The normalized spacial score (nSPS) is 9.00. The molecule has 0 unspecified atom stereocenters. The van der Waals surface area contributed by atoms with E-state index < -0.39 is 11.6 Å². The van der Waals surface area contributed by atoms with Crippen LogP contribution in [0.4, 0.5) is 4.39 Å². The molecule has 0 spiro atoms. The van der Waals surface area contributed by atoms with Crippen LogP contribution >= 0.6 is 0 Å². The molecule has 0 fully saturated rings. The van der Waals surface area contributed by atoms with Crippen LogP contribution in [0.25, 0.3) is 0 Å². The van der Waals surface area contributed by atoms with E-state index in [9.17, 15) is 9.18 Å². The number of aldehydes is 1. The van der Waals surface area contributed by atoms with E-state index in [1.807, 2.05) is 0 Å². The second kappa shape index (κ2) is 3.05. The Bertz CT molecular complexity index is 364. The fourth-order valence-corrected chi connectivity index (χ4v) is 0.793. The van der Waals surface area contributed by atoms with Gasteiger partial charge in [0, 0.05) is 5.56 Å². The summed E-state index contributed by atoms with van der Waals surface area (Å²) in [6.45, 7) is 0. The van der Waals surface area contributed by atoms with Crippen LogP contribution in [0.1, 0.15) is 15.9 Å². The van der Waals surface area contributed by atoms with E-state index in [0.717, 1.165) is 6.07 Å². The number of phenols is 1. The number of benzene rings is 1. The molecular weight excluding hydrogens is 159 g/mol. The Kier molecular flexibility index (Phi) is 2.11. The number of halogens is 1. The van der Waals surface area contributed by atoms with Gasteiger partial charge in [-0.3, -0.25) is 4.79 Å². The molecule has 1 aromatic carbocycles. The highest BCUT2D eigenvalue weighted by atomic mass is 19.1. The number of rotatable bonds is 1. The molecule has 0 aliphatic heterocycles. The molecule has 0 saturated carbocycles. The van der Waals surface area contributed by atoms with Crippen LogP contribution in [-0.4, -0.2) is 11.4 Å². The quantitative estimate of drug-likeness (QED) is 0.502. The van der Waals surface area contributed by atoms with Crippen molar-refractivity contribution in [3.05, 3.63) is 29.1 Å². The lowest BCUT2D eigenvalue weighted by Gasteiger charge is -1.98. The first-order chi connectivity index (χ1) is 5.69. The number of carbonyl (C=O) groups is 1. The molecule has 2 nitrogen and oxygen atoms in total. The summed E-state index contributed by atoms with van der Waals surface area (Å²) in [5.41, 5.74) is 0.0929. The summed E-state index contributed by atoms with van der Waals surface area (Å²) >= 11 is 0. The average Bonchev–Trinajstić information content (AvgIpc) is 2.09. The van der Waals surface area contributed by atoms with Crippen molar-refractivity contribution in [2.24, 2.45) is 0 Å². The van der Waals surface area contributed by atoms with Gasteiger partial charge in [-0.2, -0.15) is 0 Å². The van der Waals surface area contributed by atoms with Crippen molar-refractivity contribution in [3.63, 3.8) is 0 Å². The molecule has 1 rings (SSSR count). The first-order valence-corrected chi connectivity index (χ1v) is 3.13. The molecule has 12 heavy (non-hydrogen) atoms. The average molecular weight is 164 g/mol. The van der Waals surface area contributed by atoms with Crippen molar-refractivity contribution in [3.8, 4) is 18.1 Å². The molecule has 1 aromatic rings. The smallest absolute Gasteiger partial charge is 0.166 e. The van der Waals surface area contributed by atoms with Crippen molar-refractivity contribution in [2.45, 2.75) is 0 Å². The van der Waals surface area contributed by atoms with Gasteiger partial charge in [-0.1, -0.05) is 5.92 Å². The number of phenolic OH excluding ortho intramolecular Hbond substituents is 1. The van der Waals surface area contributed by atoms with Gasteiger partial charge in [0.05, 0.1) is 5.56 Å². The molecule has 0 aliphatic carbocycles. The summed E-state index contributed by atoms with van der Waals surface area (Å²) in [5, 5.41) is 8.94. The van der Waals surface area contributed by atoms with E-state index in [-0.39, 0.29) is 11.1 Å². The number of terminal acetylenes is 1. The minimum atomic E-state index is -0.882. The lowest BCUT2D eigenvalue weighted by Crippen LogP contribution is -1.88. The largest absolute Gasteiger partial charge is 0.504 e. The third kappa shape index (κ3) is 1.28. The zero-order valence-corrected chi connectivity index (χ0v) is 6.04. The summed E-state index contributed by atoms with van der Waals surface area (Å²) in [5.74, 6) is 0.615. The van der Waals surface area contributed by atoms with Gasteiger partial charge in [-0.25, -0.2) is 4.39 Å². The lowest BCUT2D eigenvalue weighted by atomic mass is 10.1. The van der Waals surface area contributed by atoms with Gasteiger partial charge in [0.25, 0.3) is 0 Å². The highest BCUT2D eigenvalue weighted by Crippen LogP contribution is 2.20. The molecule has 0 saturated heterocycles. The summed E-state index contributed by atoms with van der Waals surface area (Å²) in [6.07, 6.45) is 5.32. The van der Waals surface area contributed by atoms with Gasteiger partial charge in [-0.05, 0) is 12.1 Å². The van der Waals surface area contributed by atoms with Crippen LogP contribution < -0.4 is 0 Å². The van der Waals surface area contributed by atoms with Crippen LogP contribution in [0.3, 0.4) is 0 Å². The maximum Gasteiger partial charge on any atom is 0.166 e. The number of aromatic hydroxyl groups is 1. The van der Waals surface area contributed by atoms with Gasteiger partial charge in [-0.15, -0.1) is 6.42 Å². The van der Waals surface area contributed by atoms with E-state index in [2.05, 4.69) is 5.92 Å². The van der Waals surface area contributed by atoms with Crippen molar-refractivity contribution in [1.82, 2.24) is 0 Å². The molecule has 0 radical (unpaired) electrons. The van der Waals surface area contributed by atoms with Crippen LogP contribution in [0.5, 0.6) is 5.75 Å². The van der Waals surface area contributed by atoms with Crippen molar-refractivity contribution >= 4 is 6.29 Å². The topological polar surface area (TPSA) is 37.3 Å². The fraction of sp³-hybridized carbons (Fsp3) is 0. The second-order valence-corrected chi connectivity index (χ2v) is 2.16. The van der Waals surface area contributed by atoms with Crippen molar-refractivity contribution < 1.29 is 14.3 Å². The highest BCUT2D eigenvalue weighted by molar-refractivity contribution is 5.80. The molecule has 0 bridgehead atoms. The van der Waals surface area contributed by atoms with Gasteiger partial charge in [0.2, 0.25) is 0 Å². The van der Waals surface area contributed by atoms with Crippen LogP contribution in [0.2, 0.25) is 0 Å². The molecule has 3 heteroatoms. The first-order valence-electron chi connectivity index (χ1n) is 3.13. The Labute approximate surface area is 68.6 Å². The van der Waals surface area contributed by atoms with Crippen LogP contribution in [-0.2, 0) is 0 Å². The maximum absolute atomic E-state index is 12.7. The van der Waals surface area contributed by atoms with Gasteiger partial charge in [0.1, 0.15) is 0 Å². The van der Waals surface area contributed by atoms with Gasteiger partial charge >= 0.3 is 0 Å². The van der Waals surface area contributed by atoms with E-state index in [1.165, 1.54) is 6.07 Å². The fourth-order valence-electron chi connectivity index (χ4n) is 0.793. The monoisotopic (exact) mass is 164 g/mol. The Morgan fingerprint density at radius 1 is 1.58 bits per heavy atom. The van der Waals surface area contributed by atoms with Crippen LogP contribution in [0, 0.1) is 18.2 Å². The maximum atomic E-state index is 12.7. The molecular formula is C9H5FO2. The number of hydrogen-bond acceptors (Lipinski definition) is 2. The molecule has 0 atom stereocenters. The predicted molar refractivity (Wildman–Crippen MR) is 41.4 cm³/mol. The van der Waals surface area contributed by atoms with E-state index in [4.69, 9.17) is 11.5 Å². The van der Waals surface area contributed by atoms with Crippen molar-refractivity contribution in [2.75, 3.05) is 0 Å². The van der Waals surface area contributed by atoms with Crippen LogP contribution in [0.15, 0.2) is 12.1 Å². The molecule has 0 amide bonds. The molecule has 0 heterocycles. The predicted octanol–water partition coefficient (Wildman–Crippen LogP) is 1.33. The van der Waals surface area contributed by atoms with E-state index in [1.54, 1.807) is 0 Å². The Hall–Kier alpha value is -1.82. The summed E-state index contributed by atoms with van der Waals surface area (Å²) < 4.78 is 12.7. The molecule has 0 aliphatic rings. The second-order valence-electron chi connectivity index (χ2n) is 2.16. The van der Waals surface area contributed by atoms with Crippen molar-refractivity contribution in [1.29, 1.82) is 0 Å². The van der Waals surface area contributed by atoms with E-state index in [0.29, 0.717) is 6.29 Å². The Morgan fingerprint density at radius 2 is 2.25 bits per heavy atom.